The van der Waals surface area contributed by atoms with Gasteiger partial charge in [0.25, 0.3) is 0 Å². The van der Waals surface area contributed by atoms with Crippen molar-refractivity contribution in [2.24, 2.45) is 11.7 Å². The van der Waals surface area contributed by atoms with Crippen LogP contribution in [0.2, 0.25) is 0 Å². The van der Waals surface area contributed by atoms with Crippen LogP contribution in [0.5, 0.6) is 0 Å². The molecule has 0 saturated carbocycles. The van der Waals surface area contributed by atoms with Crippen LogP contribution < -0.4 is 5.73 Å². The second kappa shape index (κ2) is 7.06. The molecule has 0 aromatic rings. The Morgan fingerprint density at radius 1 is 1.33 bits per heavy atom. The van der Waals surface area contributed by atoms with Crippen LogP contribution in [0.25, 0.3) is 0 Å². The highest BCUT2D eigenvalue weighted by Gasteiger charge is 2.26. The molecule has 5 heteroatoms. The maximum Gasteiger partial charge on any atom is 0.389 e. The van der Waals surface area contributed by atoms with Crippen LogP contribution >= 0.6 is 0 Å². The minimum Gasteiger partial charge on any atom is -0.384 e. The highest BCUT2D eigenvalue weighted by atomic mass is 19.4. The van der Waals surface area contributed by atoms with Crippen molar-refractivity contribution in [3.8, 4) is 0 Å². The summed E-state index contributed by atoms with van der Waals surface area (Å²) in [5.41, 5.74) is 5.71. The first-order valence-electron chi connectivity index (χ1n) is 5.16. The van der Waals surface area contributed by atoms with Gasteiger partial charge >= 0.3 is 6.18 Å². The van der Waals surface area contributed by atoms with Crippen molar-refractivity contribution in [1.82, 2.24) is 0 Å². The van der Waals surface area contributed by atoms with Gasteiger partial charge in [-0.05, 0) is 25.2 Å². The van der Waals surface area contributed by atoms with E-state index in [1.54, 1.807) is 7.11 Å². The SMILES string of the molecule is COCC(C)CC(N)CCCC(F)(F)F. The molecule has 0 aliphatic heterocycles. The number of hydrogen-bond donors (Lipinski definition) is 1. The predicted octanol–water partition coefficient (Wildman–Crippen LogP) is 2.72. The molecule has 15 heavy (non-hydrogen) atoms. The van der Waals surface area contributed by atoms with E-state index in [1.165, 1.54) is 0 Å². The highest BCUT2D eigenvalue weighted by molar-refractivity contribution is 4.66. The second-order valence-electron chi connectivity index (χ2n) is 4.06. The molecule has 0 aromatic heterocycles. The summed E-state index contributed by atoms with van der Waals surface area (Å²) in [5.74, 6) is 0.302. The first-order valence-corrected chi connectivity index (χ1v) is 5.16. The fourth-order valence-corrected chi connectivity index (χ4v) is 1.55. The summed E-state index contributed by atoms with van der Waals surface area (Å²) in [7, 11) is 1.60. The molecule has 0 aromatic carbocycles. The molecule has 0 bridgehead atoms. The van der Waals surface area contributed by atoms with Gasteiger partial charge in [0, 0.05) is 26.2 Å². The predicted molar refractivity (Wildman–Crippen MR) is 53.5 cm³/mol. The van der Waals surface area contributed by atoms with Crippen molar-refractivity contribution < 1.29 is 17.9 Å². The average Bonchev–Trinajstić information content (AvgIpc) is 2.01. The summed E-state index contributed by atoms with van der Waals surface area (Å²) in [6.07, 6.45) is -3.54. The minimum absolute atomic E-state index is 0.115. The molecule has 2 N–H and O–H groups in total. The van der Waals surface area contributed by atoms with Gasteiger partial charge in [0.15, 0.2) is 0 Å². The van der Waals surface area contributed by atoms with Gasteiger partial charge in [-0.25, -0.2) is 0 Å². The molecule has 0 spiro atoms. The summed E-state index contributed by atoms with van der Waals surface area (Å²) < 4.78 is 40.4. The van der Waals surface area contributed by atoms with E-state index in [4.69, 9.17) is 10.5 Å². The molecular weight excluding hydrogens is 207 g/mol. The lowest BCUT2D eigenvalue weighted by molar-refractivity contribution is -0.135. The van der Waals surface area contributed by atoms with Gasteiger partial charge < -0.3 is 10.5 Å². The van der Waals surface area contributed by atoms with E-state index in [1.807, 2.05) is 6.92 Å². The lowest BCUT2D eigenvalue weighted by atomic mass is 9.99. The van der Waals surface area contributed by atoms with Gasteiger partial charge in [-0.3, -0.25) is 0 Å². The fraction of sp³-hybridized carbons (Fsp3) is 1.00. The van der Waals surface area contributed by atoms with E-state index in [0.29, 0.717) is 25.4 Å². The Labute approximate surface area is 89.0 Å². The normalized spacial score (nSPS) is 16.4. The maximum absolute atomic E-state index is 11.8. The third-order valence-electron chi connectivity index (χ3n) is 2.19. The van der Waals surface area contributed by atoms with E-state index in [2.05, 4.69) is 0 Å². The van der Waals surface area contributed by atoms with Gasteiger partial charge in [0.1, 0.15) is 0 Å². The Balaban J connectivity index is 3.53. The number of methoxy groups -OCH3 is 1. The van der Waals surface area contributed by atoms with Crippen molar-refractivity contribution in [2.75, 3.05) is 13.7 Å². The van der Waals surface area contributed by atoms with Crippen molar-refractivity contribution in [3.63, 3.8) is 0 Å². The fourth-order valence-electron chi connectivity index (χ4n) is 1.55. The molecule has 0 saturated heterocycles. The maximum atomic E-state index is 11.8. The van der Waals surface area contributed by atoms with Crippen molar-refractivity contribution >= 4 is 0 Å². The zero-order valence-electron chi connectivity index (χ0n) is 9.31. The van der Waals surface area contributed by atoms with E-state index in [-0.39, 0.29) is 12.5 Å². The zero-order valence-corrected chi connectivity index (χ0v) is 9.31. The molecule has 0 rings (SSSR count). The van der Waals surface area contributed by atoms with E-state index in [9.17, 15) is 13.2 Å². The van der Waals surface area contributed by atoms with Gasteiger partial charge in [-0.2, -0.15) is 13.2 Å². The quantitative estimate of drug-likeness (QED) is 0.725. The number of alkyl halides is 3. The van der Waals surface area contributed by atoms with E-state index in [0.717, 1.165) is 0 Å². The smallest absolute Gasteiger partial charge is 0.384 e. The molecule has 0 aliphatic rings. The highest BCUT2D eigenvalue weighted by Crippen LogP contribution is 2.23. The summed E-state index contributed by atoms with van der Waals surface area (Å²) in [4.78, 5) is 0. The molecule has 92 valence electrons. The molecule has 0 radical (unpaired) electrons. The third-order valence-corrected chi connectivity index (χ3v) is 2.19. The first kappa shape index (κ1) is 14.7. The summed E-state index contributed by atoms with van der Waals surface area (Å²) in [6.45, 7) is 2.58. The third kappa shape index (κ3) is 10.0. The standard InChI is InChI=1S/C10H20F3NO/c1-8(7-15-2)6-9(14)4-3-5-10(11,12)13/h8-9H,3-7,14H2,1-2H3. The van der Waals surface area contributed by atoms with Crippen LogP contribution in [-0.4, -0.2) is 25.9 Å². The Morgan fingerprint density at radius 3 is 2.40 bits per heavy atom. The molecule has 0 fully saturated rings. The lowest BCUT2D eigenvalue weighted by Crippen LogP contribution is -2.24. The number of nitrogens with two attached hydrogens (primary N) is 1. The van der Waals surface area contributed by atoms with Crippen LogP contribution in [0.4, 0.5) is 13.2 Å². The average molecular weight is 227 g/mol. The number of rotatable bonds is 7. The summed E-state index contributed by atoms with van der Waals surface area (Å²) in [6, 6.07) is -0.155. The lowest BCUT2D eigenvalue weighted by Gasteiger charge is -2.16. The van der Waals surface area contributed by atoms with Crippen LogP contribution in [-0.2, 0) is 4.74 Å². The Bertz CT molecular complexity index is 161. The van der Waals surface area contributed by atoms with Crippen molar-refractivity contribution in [3.05, 3.63) is 0 Å². The van der Waals surface area contributed by atoms with Gasteiger partial charge in [-0.1, -0.05) is 6.92 Å². The monoisotopic (exact) mass is 227 g/mol. The van der Waals surface area contributed by atoms with Crippen molar-refractivity contribution in [1.29, 1.82) is 0 Å². The topological polar surface area (TPSA) is 35.2 Å². The molecule has 0 amide bonds. The van der Waals surface area contributed by atoms with E-state index < -0.39 is 12.6 Å². The Hall–Kier alpha value is -0.290. The number of halogens is 3. The molecule has 2 nitrogen and oxygen atoms in total. The minimum atomic E-state index is -4.06. The van der Waals surface area contributed by atoms with E-state index >= 15 is 0 Å². The van der Waals surface area contributed by atoms with Gasteiger partial charge in [0.05, 0.1) is 0 Å². The van der Waals surface area contributed by atoms with Gasteiger partial charge in [0.2, 0.25) is 0 Å². The van der Waals surface area contributed by atoms with Crippen LogP contribution in [0.15, 0.2) is 0 Å². The largest absolute Gasteiger partial charge is 0.389 e. The number of ether oxygens (including phenoxy) is 1. The van der Waals surface area contributed by atoms with Crippen LogP contribution in [0, 0.1) is 5.92 Å². The van der Waals surface area contributed by atoms with Gasteiger partial charge in [-0.15, -0.1) is 0 Å². The molecule has 2 unspecified atom stereocenters. The van der Waals surface area contributed by atoms with Crippen molar-refractivity contribution in [2.45, 2.75) is 44.8 Å². The zero-order chi connectivity index (χ0) is 11.9. The first-order chi connectivity index (χ1) is 6.85. The second-order valence-corrected chi connectivity index (χ2v) is 4.06. The molecular formula is C10H20F3NO. The Kier molecular flexibility index (Phi) is 6.92. The summed E-state index contributed by atoms with van der Waals surface area (Å²) in [5, 5.41) is 0. The Morgan fingerprint density at radius 2 is 1.93 bits per heavy atom. The number of hydrogen-bond acceptors (Lipinski definition) is 2. The van der Waals surface area contributed by atoms with Crippen LogP contribution in [0.3, 0.4) is 0 Å². The molecule has 0 aliphatic carbocycles. The van der Waals surface area contributed by atoms with Crippen LogP contribution in [0.1, 0.15) is 32.6 Å². The molecule has 0 heterocycles. The molecule has 2 atom stereocenters. The summed E-state index contributed by atoms with van der Waals surface area (Å²) >= 11 is 0.